The van der Waals surface area contributed by atoms with Crippen LogP contribution >= 0.6 is 34.7 Å². The molecule has 31 heavy (non-hydrogen) atoms. The number of aromatic nitrogens is 1. The smallest absolute Gasteiger partial charge is 0.289 e. The monoisotopic (exact) mass is 472 g/mol. The zero-order valence-corrected chi connectivity index (χ0v) is 19.6. The number of amides is 2. The molecule has 1 unspecified atom stereocenters. The van der Waals surface area contributed by atoms with Gasteiger partial charge in [-0.3, -0.25) is 14.5 Å². The molecule has 1 aliphatic carbocycles. The van der Waals surface area contributed by atoms with E-state index in [1.54, 1.807) is 18.4 Å². The third-order valence-electron chi connectivity index (χ3n) is 5.98. The number of hydrogen-bond acceptors (Lipinski definition) is 6. The first-order valence-electron chi connectivity index (χ1n) is 10.2. The third kappa shape index (κ3) is 3.62. The summed E-state index contributed by atoms with van der Waals surface area (Å²) in [6.07, 6.45) is 3.20. The van der Waals surface area contributed by atoms with Gasteiger partial charge in [0.1, 0.15) is 10.6 Å². The van der Waals surface area contributed by atoms with Crippen molar-refractivity contribution in [3.05, 3.63) is 45.4 Å². The number of methoxy groups -OCH3 is 1. The second kappa shape index (κ2) is 8.11. The molecule has 5 nitrogen and oxygen atoms in total. The van der Waals surface area contributed by atoms with Crippen molar-refractivity contribution in [2.75, 3.05) is 12.9 Å². The number of carbonyl (C=O) groups excluding carboxylic acids is 2. The van der Waals surface area contributed by atoms with Crippen LogP contribution in [0.5, 0.6) is 5.75 Å². The number of benzene rings is 1. The lowest BCUT2D eigenvalue weighted by Gasteiger charge is -2.20. The molecule has 5 rings (SSSR count). The summed E-state index contributed by atoms with van der Waals surface area (Å²) in [5.74, 6) is 1.40. The SMILES string of the molecule is COc1ccc(-c2c(Cl)c(CN3C(=O)CSC3=O)nc3sc4c(c23)CCC(C)C4)cc1. The minimum Gasteiger partial charge on any atom is -0.497 e. The summed E-state index contributed by atoms with van der Waals surface area (Å²) in [5.41, 5.74) is 3.82. The molecule has 2 amide bonds. The number of thioether (sulfide) groups is 1. The number of ether oxygens (including phenoxy) is 1. The largest absolute Gasteiger partial charge is 0.497 e. The van der Waals surface area contributed by atoms with Gasteiger partial charge in [-0.2, -0.15) is 0 Å². The summed E-state index contributed by atoms with van der Waals surface area (Å²) in [7, 11) is 1.64. The first kappa shape index (κ1) is 20.8. The van der Waals surface area contributed by atoms with Crippen LogP contribution in [0, 0.1) is 5.92 Å². The number of pyridine rings is 1. The van der Waals surface area contributed by atoms with Crippen LogP contribution in [0.3, 0.4) is 0 Å². The second-order valence-electron chi connectivity index (χ2n) is 8.04. The highest BCUT2D eigenvalue weighted by Gasteiger charge is 2.32. The predicted molar refractivity (Wildman–Crippen MR) is 126 cm³/mol. The average Bonchev–Trinajstić information content (AvgIpc) is 3.28. The number of carbonyl (C=O) groups is 2. The Kier molecular flexibility index (Phi) is 5.44. The van der Waals surface area contributed by atoms with Gasteiger partial charge in [0, 0.05) is 15.8 Å². The van der Waals surface area contributed by atoms with Gasteiger partial charge in [-0.25, -0.2) is 4.98 Å². The summed E-state index contributed by atoms with van der Waals surface area (Å²) >= 11 is 9.69. The van der Waals surface area contributed by atoms with Gasteiger partial charge in [0.2, 0.25) is 5.91 Å². The van der Waals surface area contributed by atoms with Gasteiger partial charge in [-0.15, -0.1) is 11.3 Å². The highest BCUT2D eigenvalue weighted by atomic mass is 35.5. The molecule has 0 spiro atoms. The second-order valence-corrected chi connectivity index (χ2v) is 10.4. The summed E-state index contributed by atoms with van der Waals surface area (Å²) in [4.78, 5) is 32.8. The van der Waals surface area contributed by atoms with Gasteiger partial charge >= 0.3 is 0 Å². The molecule has 0 radical (unpaired) electrons. The summed E-state index contributed by atoms with van der Waals surface area (Å²) in [6, 6.07) is 7.84. The van der Waals surface area contributed by atoms with Gasteiger partial charge in [-0.1, -0.05) is 42.4 Å². The summed E-state index contributed by atoms with van der Waals surface area (Å²) in [5, 5.41) is 1.38. The fraction of sp³-hybridized carbons (Fsp3) is 0.348. The van der Waals surface area contributed by atoms with E-state index in [-0.39, 0.29) is 23.4 Å². The van der Waals surface area contributed by atoms with Crippen LogP contribution in [-0.2, 0) is 24.2 Å². The Balaban J connectivity index is 1.71. The van der Waals surface area contributed by atoms with E-state index in [0.29, 0.717) is 16.6 Å². The summed E-state index contributed by atoms with van der Waals surface area (Å²) < 4.78 is 5.32. The van der Waals surface area contributed by atoms with E-state index in [2.05, 4.69) is 6.92 Å². The number of rotatable bonds is 4. The van der Waals surface area contributed by atoms with E-state index >= 15 is 0 Å². The van der Waals surface area contributed by atoms with Crippen LogP contribution in [0.25, 0.3) is 21.3 Å². The van der Waals surface area contributed by atoms with Gasteiger partial charge in [-0.05, 0) is 48.4 Å². The fourth-order valence-corrected chi connectivity index (χ4v) is 6.76. The molecule has 1 atom stereocenters. The number of nitrogens with zero attached hydrogens (tertiary/aromatic N) is 2. The third-order valence-corrected chi connectivity index (χ3v) is 8.39. The molecule has 0 N–H and O–H groups in total. The van der Waals surface area contributed by atoms with Gasteiger partial charge in [0.05, 0.1) is 30.1 Å². The highest BCUT2D eigenvalue weighted by molar-refractivity contribution is 8.14. The van der Waals surface area contributed by atoms with Crippen LogP contribution in [-0.4, -0.2) is 33.9 Å². The number of aryl methyl sites for hydroxylation is 1. The molecule has 1 aliphatic heterocycles. The van der Waals surface area contributed by atoms with Crippen molar-refractivity contribution in [3.63, 3.8) is 0 Å². The number of thiophene rings is 1. The minimum atomic E-state index is -0.242. The molecular weight excluding hydrogens is 452 g/mol. The van der Waals surface area contributed by atoms with Crippen LogP contribution in [0.2, 0.25) is 5.02 Å². The van der Waals surface area contributed by atoms with Crippen molar-refractivity contribution < 1.29 is 14.3 Å². The zero-order chi connectivity index (χ0) is 21.7. The molecule has 2 aromatic heterocycles. The number of halogens is 1. The lowest BCUT2D eigenvalue weighted by atomic mass is 9.87. The van der Waals surface area contributed by atoms with Crippen molar-refractivity contribution in [2.24, 2.45) is 5.92 Å². The van der Waals surface area contributed by atoms with Crippen LogP contribution < -0.4 is 4.74 Å². The highest BCUT2D eigenvalue weighted by Crippen LogP contribution is 2.46. The molecule has 3 heterocycles. The standard InChI is InChI=1S/C23H21ClN2O3S2/c1-12-3-8-15-17(9-12)31-22-20(15)19(13-4-6-14(29-2)7-5-13)21(24)16(25-22)10-26-18(27)11-30-23(26)28/h4-7,12H,3,8-11H2,1-2H3. The van der Waals surface area contributed by atoms with Gasteiger partial charge in [0.15, 0.2) is 0 Å². The average molecular weight is 473 g/mol. The summed E-state index contributed by atoms with van der Waals surface area (Å²) in [6.45, 7) is 2.38. The van der Waals surface area contributed by atoms with Crippen molar-refractivity contribution in [3.8, 4) is 16.9 Å². The number of imide groups is 1. The maximum Gasteiger partial charge on any atom is 0.289 e. The Morgan fingerprint density at radius 2 is 2.03 bits per heavy atom. The van der Waals surface area contributed by atoms with Crippen molar-refractivity contribution in [1.82, 2.24) is 9.88 Å². The zero-order valence-electron chi connectivity index (χ0n) is 17.2. The van der Waals surface area contributed by atoms with E-state index in [1.165, 1.54) is 15.3 Å². The van der Waals surface area contributed by atoms with E-state index in [4.69, 9.17) is 21.3 Å². The Hall–Kier alpha value is -2.09. The van der Waals surface area contributed by atoms with Gasteiger partial charge in [0.25, 0.3) is 5.24 Å². The fourth-order valence-electron chi connectivity index (χ4n) is 4.32. The topological polar surface area (TPSA) is 59.5 Å². The normalized spacial score (nSPS) is 18.7. The number of fused-ring (bicyclic) bond motifs is 3. The molecule has 1 saturated heterocycles. The molecule has 2 aliphatic rings. The number of hydrogen-bond donors (Lipinski definition) is 0. The van der Waals surface area contributed by atoms with E-state index in [1.807, 2.05) is 24.3 Å². The molecule has 3 aromatic rings. The minimum absolute atomic E-state index is 0.0988. The molecule has 1 fully saturated rings. The maximum absolute atomic E-state index is 12.2. The Morgan fingerprint density at radius 1 is 1.26 bits per heavy atom. The first-order chi connectivity index (χ1) is 15.0. The van der Waals surface area contributed by atoms with E-state index < -0.39 is 0 Å². The molecule has 160 valence electrons. The quantitative estimate of drug-likeness (QED) is 0.470. The molecule has 0 bridgehead atoms. The Bertz CT molecular complexity index is 1190. The van der Waals surface area contributed by atoms with E-state index in [0.717, 1.165) is 58.1 Å². The van der Waals surface area contributed by atoms with Crippen LogP contribution in [0.1, 0.15) is 29.5 Å². The molecule has 1 aromatic carbocycles. The van der Waals surface area contributed by atoms with Crippen molar-refractivity contribution in [2.45, 2.75) is 32.7 Å². The lowest BCUT2D eigenvalue weighted by Crippen LogP contribution is -2.28. The van der Waals surface area contributed by atoms with Gasteiger partial charge < -0.3 is 4.74 Å². The van der Waals surface area contributed by atoms with Crippen LogP contribution in [0.15, 0.2) is 24.3 Å². The van der Waals surface area contributed by atoms with Crippen molar-refractivity contribution in [1.29, 1.82) is 0 Å². The maximum atomic E-state index is 12.2. The Labute approximate surface area is 193 Å². The predicted octanol–water partition coefficient (Wildman–Crippen LogP) is 5.95. The molecule has 8 heteroatoms. The molecular formula is C23H21ClN2O3S2. The Morgan fingerprint density at radius 3 is 2.71 bits per heavy atom. The molecule has 0 saturated carbocycles. The lowest BCUT2D eigenvalue weighted by molar-refractivity contribution is -0.125. The first-order valence-corrected chi connectivity index (χ1v) is 12.4. The van der Waals surface area contributed by atoms with Crippen LogP contribution in [0.4, 0.5) is 4.79 Å². The van der Waals surface area contributed by atoms with E-state index in [9.17, 15) is 9.59 Å². The van der Waals surface area contributed by atoms with Crippen molar-refractivity contribution >= 4 is 56.1 Å².